The zero-order valence-electron chi connectivity index (χ0n) is 11.9. The largest absolute Gasteiger partial charge is 0.324 e. The van der Waals surface area contributed by atoms with Crippen LogP contribution in [-0.2, 0) is 6.42 Å². The molecule has 1 nitrogen and oxygen atoms in total. The molecule has 2 N–H and O–H groups in total. The van der Waals surface area contributed by atoms with Crippen molar-refractivity contribution in [2.45, 2.75) is 26.3 Å². The lowest BCUT2D eigenvalue weighted by Crippen LogP contribution is -2.14. The van der Waals surface area contributed by atoms with Gasteiger partial charge in [-0.2, -0.15) is 0 Å². The highest BCUT2D eigenvalue weighted by Gasteiger charge is 2.14. The Bertz CT molecular complexity index is 722. The predicted octanol–water partition coefficient (Wildman–Crippen LogP) is 4.76. The molecule has 3 rings (SSSR count). The molecule has 102 valence electrons. The Balaban J connectivity index is 1.95. The third kappa shape index (κ3) is 2.37. The second kappa shape index (κ2) is 5.39. The van der Waals surface area contributed by atoms with Gasteiger partial charge in [0.1, 0.15) is 0 Å². The summed E-state index contributed by atoms with van der Waals surface area (Å²) in [4.78, 5) is 0. The molecule has 0 aliphatic carbocycles. The minimum atomic E-state index is 0.0611. The van der Waals surface area contributed by atoms with Crippen LogP contribution < -0.4 is 5.73 Å². The highest BCUT2D eigenvalue weighted by Crippen LogP contribution is 2.31. The van der Waals surface area contributed by atoms with Crippen molar-refractivity contribution in [3.8, 4) is 0 Å². The molecule has 2 aromatic carbocycles. The average molecular weight is 281 g/mol. The molecule has 1 unspecified atom stereocenters. The quantitative estimate of drug-likeness (QED) is 0.736. The predicted molar refractivity (Wildman–Crippen MR) is 88.4 cm³/mol. The SMILES string of the molecule is Cc1cccc(C)c1CC(N)c1csc2ccccc12. The van der Waals surface area contributed by atoms with Gasteiger partial charge < -0.3 is 5.73 Å². The Morgan fingerprint density at radius 2 is 1.70 bits per heavy atom. The van der Waals surface area contributed by atoms with Crippen molar-refractivity contribution in [1.29, 1.82) is 0 Å². The molecule has 1 aromatic heterocycles. The Kier molecular flexibility index (Phi) is 3.60. The van der Waals surface area contributed by atoms with Crippen molar-refractivity contribution in [3.63, 3.8) is 0 Å². The molecule has 2 heteroatoms. The Labute approximate surface area is 124 Å². The van der Waals surface area contributed by atoms with Crippen LogP contribution in [0.4, 0.5) is 0 Å². The van der Waals surface area contributed by atoms with E-state index >= 15 is 0 Å². The van der Waals surface area contributed by atoms with Crippen molar-refractivity contribution in [1.82, 2.24) is 0 Å². The van der Waals surface area contributed by atoms with Gasteiger partial charge in [0.2, 0.25) is 0 Å². The summed E-state index contributed by atoms with van der Waals surface area (Å²) in [6, 6.07) is 15.0. The van der Waals surface area contributed by atoms with Gasteiger partial charge in [0.05, 0.1) is 0 Å². The lowest BCUT2D eigenvalue weighted by molar-refractivity contribution is 0.723. The van der Waals surface area contributed by atoms with Gasteiger partial charge in [0, 0.05) is 10.7 Å². The minimum Gasteiger partial charge on any atom is -0.324 e. The van der Waals surface area contributed by atoms with E-state index in [1.165, 1.54) is 32.3 Å². The molecule has 20 heavy (non-hydrogen) atoms. The molecule has 0 aliphatic rings. The van der Waals surface area contributed by atoms with E-state index in [9.17, 15) is 0 Å². The van der Waals surface area contributed by atoms with E-state index in [1.807, 2.05) is 0 Å². The fourth-order valence-electron chi connectivity index (χ4n) is 2.79. The summed E-state index contributed by atoms with van der Waals surface area (Å²) in [5.74, 6) is 0. The maximum Gasteiger partial charge on any atom is 0.0350 e. The van der Waals surface area contributed by atoms with Crippen LogP contribution in [0.3, 0.4) is 0 Å². The first-order chi connectivity index (χ1) is 9.66. The van der Waals surface area contributed by atoms with E-state index in [0.717, 1.165) is 6.42 Å². The van der Waals surface area contributed by atoms with Crippen LogP contribution in [-0.4, -0.2) is 0 Å². The normalized spacial score (nSPS) is 12.8. The molecule has 0 aliphatic heterocycles. The van der Waals surface area contributed by atoms with E-state index in [2.05, 4.69) is 61.7 Å². The van der Waals surface area contributed by atoms with Crippen LogP contribution in [0.2, 0.25) is 0 Å². The number of rotatable bonds is 3. The maximum absolute atomic E-state index is 6.48. The summed E-state index contributed by atoms with van der Waals surface area (Å²) in [5, 5.41) is 3.51. The standard InChI is InChI=1S/C18H19NS/c1-12-6-5-7-13(2)15(12)10-17(19)16-11-20-18-9-4-3-8-14(16)18/h3-9,11,17H,10,19H2,1-2H3. The molecular weight excluding hydrogens is 262 g/mol. The highest BCUT2D eigenvalue weighted by molar-refractivity contribution is 7.17. The molecule has 1 atom stereocenters. The topological polar surface area (TPSA) is 26.0 Å². The second-order valence-corrected chi connectivity index (χ2v) is 6.28. The zero-order chi connectivity index (χ0) is 14.1. The summed E-state index contributed by atoms with van der Waals surface area (Å²) >= 11 is 1.78. The molecule has 0 bridgehead atoms. The van der Waals surface area contributed by atoms with Crippen molar-refractivity contribution >= 4 is 21.4 Å². The van der Waals surface area contributed by atoms with Crippen LogP contribution in [0, 0.1) is 13.8 Å². The zero-order valence-corrected chi connectivity index (χ0v) is 12.7. The van der Waals surface area contributed by atoms with Crippen LogP contribution in [0.25, 0.3) is 10.1 Å². The first kappa shape index (κ1) is 13.3. The van der Waals surface area contributed by atoms with E-state index < -0.39 is 0 Å². The van der Waals surface area contributed by atoms with Gasteiger partial charge in [0.15, 0.2) is 0 Å². The third-order valence-electron chi connectivity index (χ3n) is 3.98. The first-order valence-corrected chi connectivity index (χ1v) is 7.81. The number of hydrogen-bond donors (Lipinski definition) is 1. The molecule has 0 saturated carbocycles. The fraction of sp³-hybridized carbons (Fsp3) is 0.222. The van der Waals surface area contributed by atoms with Crippen molar-refractivity contribution in [2.24, 2.45) is 5.73 Å². The highest BCUT2D eigenvalue weighted by atomic mass is 32.1. The number of aryl methyl sites for hydroxylation is 2. The Morgan fingerprint density at radius 3 is 2.45 bits per heavy atom. The molecule has 0 spiro atoms. The van der Waals surface area contributed by atoms with Crippen LogP contribution in [0.1, 0.15) is 28.3 Å². The van der Waals surface area contributed by atoms with Gasteiger partial charge in [-0.25, -0.2) is 0 Å². The van der Waals surface area contributed by atoms with Gasteiger partial charge >= 0.3 is 0 Å². The minimum absolute atomic E-state index is 0.0611. The summed E-state index contributed by atoms with van der Waals surface area (Å²) < 4.78 is 1.32. The molecular formula is C18H19NS. The van der Waals surface area contributed by atoms with E-state index in [4.69, 9.17) is 5.73 Å². The monoisotopic (exact) mass is 281 g/mol. The van der Waals surface area contributed by atoms with Gasteiger partial charge in [-0.05, 0) is 59.4 Å². The van der Waals surface area contributed by atoms with Crippen LogP contribution in [0.5, 0.6) is 0 Å². The van der Waals surface area contributed by atoms with E-state index in [1.54, 1.807) is 11.3 Å². The lowest BCUT2D eigenvalue weighted by atomic mass is 9.93. The van der Waals surface area contributed by atoms with Gasteiger partial charge in [0.25, 0.3) is 0 Å². The fourth-order valence-corrected chi connectivity index (χ4v) is 3.81. The molecule has 0 amide bonds. The van der Waals surface area contributed by atoms with Gasteiger partial charge in [-0.1, -0.05) is 36.4 Å². The van der Waals surface area contributed by atoms with Crippen molar-refractivity contribution < 1.29 is 0 Å². The molecule has 0 saturated heterocycles. The summed E-state index contributed by atoms with van der Waals surface area (Å²) in [7, 11) is 0. The second-order valence-electron chi connectivity index (χ2n) is 5.37. The van der Waals surface area contributed by atoms with E-state index in [-0.39, 0.29) is 6.04 Å². The summed E-state index contributed by atoms with van der Waals surface area (Å²) in [6.07, 6.45) is 0.902. The van der Waals surface area contributed by atoms with Gasteiger partial charge in [-0.3, -0.25) is 0 Å². The molecule has 3 aromatic rings. The summed E-state index contributed by atoms with van der Waals surface area (Å²) in [5.41, 5.74) is 11.8. The lowest BCUT2D eigenvalue weighted by Gasteiger charge is -2.15. The maximum atomic E-state index is 6.48. The van der Waals surface area contributed by atoms with Crippen LogP contribution in [0.15, 0.2) is 47.8 Å². The number of fused-ring (bicyclic) bond motifs is 1. The Hall–Kier alpha value is -1.64. The summed E-state index contributed by atoms with van der Waals surface area (Å²) in [6.45, 7) is 4.33. The smallest absolute Gasteiger partial charge is 0.0350 e. The number of hydrogen-bond acceptors (Lipinski definition) is 2. The van der Waals surface area contributed by atoms with E-state index in [0.29, 0.717) is 0 Å². The number of benzene rings is 2. The van der Waals surface area contributed by atoms with Gasteiger partial charge in [-0.15, -0.1) is 11.3 Å². The number of nitrogens with two attached hydrogens (primary N) is 1. The average Bonchev–Trinajstić information content (AvgIpc) is 2.87. The van der Waals surface area contributed by atoms with Crippen molar-refractivity contribution in [2.75, 3.05) is 0 Å². The third-order valence-corrected chi connectivity index (χ3v) is 4.96. The first-order valence-electron chi connectivity index (χ1n) is 6.93. The number of thiophene rings is 1. The van der Waals surface area contributed by atoms with Crippen molar-refractivity contribution in [3.05, 3.63) is 70.1 Å². The Morgan fingerprint density at radius 1 is 1.00 bits per heavy atom. The van der Waals surface area contributed by atoms with Crippen LogP contribution >= 0.6 is 11.3 Å². The molecule has 0 radical (unpaired) electrons. The molecule has 1 heterocycles. The molecule has 0 fully saturated rings.